The van der Waals surface area contributed by atoms with Crippen LogP contribution in [0.4, 0.5) is 0 Å². The van der Waals surface area contributed by atoms with E-state index < -0.39 is 85.9 Å². The van der Waals surface area contributed by atoms with E-state index in [1.807, 2.05) is 0 Å². The van der Waals surface area contributed by atoms with Gasteiger partial charge in [0.25, 0.3) is 5.56 Å². The zero-order valence-electron chi connectivity index (χ0n) is 22.0. The number of aromatic nitrogens is 5. The lowest BCUT2D eigenvalue weighted by Crippen LogP contribution is -2.64. The van der Waals surface area contributed by atoms with Gasteiger partial charge in [0, 0.05) is 14.1 Å². The number of aryl methyl sites for hydroxylation is 1. The van der Waals surface area contributed by atoms with Crippen molar-refractivity contribution in [3.8, 4) is 11.5 Å². The monoisotopic (exact) mass is 591 g/mol. The molecule has 4 aliphatic heterocycles. The molecule has 0 saturated carbocycles. The van der Waals surface area contributed by atoms with Crippen LogP contribution in [-0.4, -0.2) is 148 Å². The van der Waals surface area contributed by atoms with E-state index in [1.54, 1.807) is 0 Å². The van der Waals surface area contributed by atoms with Crippen LogP contribution >= 0.6 is 0 Å². The van der Waals surface area contributed by atoms with Crippen molar-refractivity contribution in [2.45, 2.75) is 68.0 Å². The van der Waals surface area contributed by atoms with Crippen LogP contribution < -0.4 is 11.2 Å². The van der Waals surface area contributed by atoms with Gasteiger partial charge in [-0.15, -0.1) is 0 Å². The summed E-state index contributed by atoms with van der Waals surface area (Å²) in [6, 6.07) is 0. The standard InChI is InChI=1S/C22H33N5O14/c1-26-19(35)11-18(24-22(26)36)27(2)25-10(23-11)7-37-3-4-38-20-16(34)14(32)17(9(6-29)40-20)41-21-15(33)13(31)12(30)8(5-28)39-21/h8-9,12-17,20-21,28-34H,3-7H2,1-2H3/t8-,9-,12+,13+,14-,15-,16-,17-,20-,21+/m1/s1. The zero-order valence-corrected chi connectivity index (χ0v) is 22.0. The summed E-state index contributed by atoms with van der Waals surface area (Å²) in [7, 11) is 2.76. The van der Waals surface area contributed by atoms with Crippen molar-refractivity contribution < 1.29 is 59.4 Å². The fourth-order valence-electron chi connectivity index (χ4n) is 4.40. The number of aliphatic hydroxyl groups is 7. The Morgan fingerprint density at radius 2 is 1.49 bits per heavy atom. The highest BCUT2D eigenvalue weighted by molar-refractivity contribution is 5.47. The van der Waals surface area contributed by atoms with Crippen LogP contribution in [0.3, 0.4) is 0 Å². The summed E-state index contributed by atoms with van der Waals surface area (Å²) in [5.41, 5.74) is -1.45. The first-order valence-electron chi connectivity index (χ1n) is 12.6. The first-order chi connectivity index (χ1) is 19.5. The van der Waals surface area contributed by atoms with Crippen LogP contribution in [0.2, 0.25) is 0 Å². The van der Waals surface area contributed by atoms with Gasteiger partial charge in [-0.05, 0) is 0 Å². The van der Waals surface area contributed by atoms with Gasteiger partial charge in [-0.3, -0.25) is 9.36 Å². The summed E-state index contributed by atoms with van der Waals surface area (Å²) in [5, 5.41) is 74.5. The summed E-state index contributed by atoms with van der Waals surface area (Å²) in [5.74, 6) is 0.134. The molecule has 0 aromatic heterocycles. The fraction of sp³-hybridized carbons (Fsp3) is 0.773. The molecule has 0 aliphatic carbocycles. The molecule has 10 atom stereocenters. The van der Waals surface area contributed by atoms with Crippen molar-refractivity contribution in [1.82, 2.24) is 24.3 Å². The summed E-state index contributed by atoms with van der Waals surface area (Å²) < 4.78 is 29.2. The Morgan fingerprint density at radius 3 is 2.17 bits per heavy atom. The second-order valence-corrected chi connectivity index (χ2v) is 9.51. The minimum atomic E-state index is -1.78. The first kappa shape index (κ1) is 31.4. The van der Waals surface area contributed by atoms with Crippen LogP contribution in [-0.2, 0) is 44.4 Å². The number of rotatable bonds is 10. The summed E-state index contributed by atoms with van der Waals surface area (Å²) in [6.45, 7) is -1.80. The van der Waals surface area contributed by atoms with Gasteiger partial charge in [0.15, 0.2) is 29.9 Å². The van der Waals surface area contributed by atoms with E-state index in [0.29, 0.717) is 0 Å². The highest BCUT2D eigenvalue weighted by atomic mass is 16.7. The number of fused-ring (bicyclic) bond motifs is 1. The highest BCUT2D eigenvalue weighted by Crippen LogP contribution is 2.29. The average molecular weight is 592 g/mol. The topological polar surface area (TPSA) is 270 Å². The molecule has 0 unspecified atom stereocenters. The maximum Gasteiger partial charge on any atom is 0.352 e. The molecule has 19 nitrogen and oxygen atoms in total. The van der Waals surface area contributed by atoms with E-state index in [0.717, 1.165) is 4.57 Å². The number of aliphatic hydroxyl groups excluding tert-OH is 7. The Hall–Kier alpha value is -2.53. The van der Waals surface area contributed by atoms with Gasteiger partial charge < -0.3 is 59.4 Å². The molecular weight excluding hydrogens is 558 g/mol. The second-order valence-electron chi connectivity index (χ2n) is 9.51. The van der Waals surface area contributed by atoms with Gasteiger partial charge in [0.1, 0.15) is 55.4 Å². The van der Waals surface area contributed by atoms with Gasteiger partial charge >= 0.3 is 5.69 Å². The average Bonchev–Trinajstić information content (AvgIpc) is 2.95. The SMILES string of the molecule is Cn1nc(COCCO[C@@H]2O[C@H](CO)[C@@H](O[C@@H]3O[C@H](CO)[C@H](O)[C@H](O)[C@H]3O)[C@H](O)[C@H]2O)nc2c(=O)n(C)c(=O)nc1-2. The normalized spacial score (nSPS) is 34.3. The van der Waals surface area contributed by atoms with E-state index in [4.69, 9.17) is 23.7 Å². The number of ether oxygens (including phenoxy) is 5. The number of nitrogens with zero attached hydrogens (tertiary/aromatic N) is 5. The van der Waals surface area contributed by atoms with Crippen molar-refractivity contribution in [3.63, 3.8) is 0 Å². The quantitative estimate of drug-likeness (QED) is 0.127. The summed E-state index contributed by atoms with van der Waals surface area (Å²) >= 11 is 0. The molecule has 2 fully saturated rings. The van der Waals surface area contributed by atoms with E-state index in [2.05, 4.69) is 15.1 Å². The molecule has 2 saturated heterocycles. The van der Waals surface area contributed by atoms with Crippen LogP contribution in [0.1, 0.15) is 5.82 Å². The molecule has 0 aromatic rings. The van der Waals surface area contributed by atoms with Crippen LogP contribution in [0, 0.1) is 0 Å². The highest BCUT2D eigenvalue weighted by Gasteiger charge is 2.50. The molecule has 0 amide bonds. The first-order valence-corrected chi connectivity index (χ1v) is 12.6. The maximum absolute atomic E-state index is 12.3. The fourth-order valence-corrected chi connectivity index (χ4v) is 4.40. The molecule has 19 heteroatoms. The minimum Gasteiger partial charge on any atom is -0.394 e. The zero-order chi connectivity index (χ0) is 30.0. The van der Waals surface area contributed by atoms with Gasteiger partial charge in [0.2, 0.25) is 0 Å². The van der Waals surface area contributed by atoms with E-state index in [-0.39, 0.29) is 37.2 Å². The lowest BCUT2D eigenvalue weighted by molar-refractivity contribution is -0.359. The molecular formula is C22H33N5O14. The molecule has 0 bridgehead atoms. The smallest absolute Gasteiger partial charge is 0.352 e. The van der Waals surface area contributed by atoms with E-state index in [9.17, 15) is 45.3 Å². The molecule has 0 radical (unpaired) electrons. The van der Waals surface area contributed by atoms with Gasteiger partial charge in [-0.25, -0.2) is 14.5 Å². The Bertz CT molecular complexity index is 1260. The second kappa shape index (κ2) is 13.2. The Morgan fingerprint density at radius 1 is 0.829 bits per heavy atom. The van der Waals surface area contributed by atoms with Gasteiger partial charge in [-0.2, -0.15) is 10.1 Å². The summed E-state index contributed by atoms with van der Waals surface area (Å²) in [6.07, 6.45) is -15.6. The van der Waals surface area contributed by atoms with Crippen molar-refractivity contribution in [2.24, 2.45) is 14.1 Å². The Labute approximate surface area is 231 Å². The number of hydrogen-bond donors (Lipinski definition) is 7. The van der Waals surface area contributed by atoms with Gasteiger partial charge in [-0.1, -0.05) is 0 Å². The lowest BCUT2D eigenvalue weighted by Gasteiger charge is -2.45. The summed E-state index contributed by atoms with van der Waals surface area (Å²) in [4.78, 5) is 32.0. The molecule has 0 spiro atoms. The molecule has 4 heterocycles. The maximum atomic E-state index is 12.3. The van der Waals surface area contributed by atoms with Crippen molar-refractivity contribution in [3.05, 3.63) is 26.7 Å². The number of hydrogen-bond acceptors (Lipinski definition) is 17. The predicted octanol–water partition coefficient (Wildman–Crippen LogP) is -6.47. The Kier molecular flexibility index (Phi) is 10.1. The lowest BCUT2D eigenvalue weighted by atomic mass is 9.97. The molecule has 7 N–H and O–H groups in total. The molecule has 230 valence electrons. The molecule has 4 rings (SSSR count). The third kappa shape index (κ3) is 6.45. The minimum absolute atomic E-state index is 0.0134. The van der Waals surface area contributed by atoms with Gasteiger partial charge in [0.05, 0.1) is 26.4 Å². The molecule has 4 aliphatic rings. The third-order valence-electron chi connectivity index (χ3n) is 6.72. The largest absolute Gasteiger partial charge is 0.394 e. The van der Waals surface area contributed by atoms with Crippen molar-refractivity contribution >= 4 is 0 Å². The molecule has 41 heavy (non-hydrogen) atoms. The van der Waals surface area contributed by atoms with Crippen LogP contribution in [0.25, 0.3) is 11.5 Å². The Balaban J connectivity index is 1.31. The van der Waals surface area contributed by atoms with Crippen molar-refractivity contribution in [2.75, 3.05) is 26.4 Å². The van der Waals surface area contributed by atoms with Crippen LogP contribution in [0.5, 0.6) is 0 Å². The van der Waals surface area contributed by atoms with E-state index >= 15 is 0 Å². The van der Waals surface area contributed by atoms with Crippen molar-refractivity contribution in [1.29, 1.82) is 0 Å². The third-order valence-corrected chi connectivity index (χ3v) is 6.72. The predicted molar refractivity (Wildman–Crippen MR) is 129 cm³/mol. The molecule has 0 aromatic carbocycles. The van der Waals surface area contributed by atoms with Crippen LogP contribution in [0.15, 0.2) is 9.59 Å². The van der Waals surface area contributed by atoms with E-state index in [1.165, 1.54) is 18.8 Å².